The molecule has 4 heterocycles. The van der Waals surface area contributed by atoms with Gasteiger partial charge in [0, 0.05) is 57.1 Å². The van der Waals surface area contributed by atoms with Crippen molar-refractivity contribution >= 4 is 23.4 Å². The number of piperidine rings is 1. The molecule has 4 rings (SSSR count). The highest BCUT2D eigenvalue weighted by Gasteiger charge is 2.24. The first kappa shape index (κ1) is 19.4. The molecular weight excluding hydrogens is 368 g/mol. The summed E-state index contributed by atoms with van der Waals surface area (Å²) in [7, 11) is 1.84. The lowest BCUT2D eigenvalue weighted by Crippen LogP contribution is -2.48. The average molecular weight is 396 g/mol. The number of rotatable bonds is 5. The van der Waals surface area contributed by atoms with Gasteiger partial charge in [0.25, 0.3) is 0 Å². The van der Waals surface area contributed by atoms with Crippen LogP contribution in [0, 0.1) is 0 Å². The van der Waals surface area contributed by atoms with Gasteiger partial charge in [0.05, 0.1) is 6.54 Å². The third-order valence-electron chi connectivity index (χ3n) is 5.68. The molecule has 0 aromatic carbocycles. The predicted molar refractivity (Wildman–Crippen MR) is 112 cm³/mol. The van der Waals surface area contributed by atoms with Crippen LogP contribution in [0.25, 0.3) is 0 Å². The lowest BCUT2D eigenvalue weighted by molar-refractivity contribution is -0.129. The van der Waals surface area contributed by atoms with Crippen molar-refractivity contribution in [3.63, 3.8) is 0 Å². The monoisotopic (exact) mass is 396 g/mol. The van der Waals surface area contributed by atoms with Crippen LogP contribution in [0.5, 0.6) is 0 Å². The fourth-order valence-electron chi connectivity index (χ4n) is 3.77. The largest absolute Gasteiger partial charge is 0.367 e. The van der Waals surface area contributed by atoms with Crippen LogP contribution < -0.4 is 15.1 Å². The molecule has 0 spiro atoms. The van der Waals surface area contributed by atoms with E-state index in [4.69, 9.17) is 0 Å². The quantitative estimate of drug-likeness (QED) is 0.806. The number of carbonyl (C=O) groups is 1. The van der Waals surface area contributed by atoms with Crippen molar-refractivity contribution in [2.45, 2.75) is 32.2 Å². The minimum Gasteiger partial charge on any atom is -0.367 e. The Labute approximate surface area is 171 Å². The highest BCUT2D eigenvalue weighted by atomic mass is 16.2. The first-order chi connectivity index (χ1) is 14.1. The Hall–Kier alpha value is -2.97. The van der Waals surface area contributed by atoms with E-state index in [0.717, 1.165) is 62.0 Å². The van der Waals surface area contributed by atoms with Gasteiger partial charge >= 0.3 is 0 Å². The van der Waals surface area contributed by atoms with Crippen LogP contribution in [0.1, 0.15) is 25.5 Å². The standard InChI is InChI=1S/C20H28N8O/c1-3-15-10-18(23-13-21-15)27-6-4-16(5-7-27)25-17-11-19(24-14-22-17)28-9-8-26(2)20(29)12-28/h10-11,13-14,16H,3-9,12H2,1-2H3,(H,22,24,25). The summed E-state index contributed by atoms with van der Waals surface area (Å²) in [5, 5.41) is 3.54. The van der Waals surface area contributed by atoms with Gasteiger partial charge in [-0.25, -0.2) is 19.9 Å². The van der Waals surface area contributed by atoms with Gasteiger partial charge < -0.3 is 20.0 Å². The molecule has 2 aromatic heterocycles. The van der Waals surface area contributed by atoms with Crippen molar-refractivity contribution in [1.82, 2.24) is 24.8 Å². The fourth-order valence-corrected chi connectivity index (χ4v) is 3.77. The second kappa shape index (κ2) is 8.59. The van der Waals surface area contributed by atoms with E-state index in [1.807, 2.05) is 18.0 Å². The molecule has 1 N–H and O–H groups in total. The van der Waals surface area contributed by atoms with Crippen LogP contribution in [-0.2, 0) is 11.2 Å². The summed E-state index contributed by atoms with van der Waals surface area (Å²) in [4.78, 5) is 35.5. The zero-order valence-corrected chi connectivity index (χ0v) is 17.1. The summed E-state index contributed by atoms with van der Waals surface area (Å²) in [6.45, 7) is 5.87. The van der Waals surface area contributed by atoms with Gasteiger partial charge in [0.2, 0.25) is 5.91 Å². The number of carbonyl (C=O) groups excluding carboxylic acids is 1. The summed E-state index contributed by atoms with van der Waals surface area (Å²) in [5.41, 5.74) is 1.08. The van der Waals surface area contributed by atoms with E-state index in [2.05, 4.69) is 43.1 Å². The first-order valence-electron chi connectivity index (χ1n) is 10.3. The fraction of sp³-hybridized carbons (Fsp3) is 0.550. The molecule has 0 aliphatic carbocycles. The van der Waals surface area contributed by atoms with Crippen LogP contribution in [0.4, 0.5) is 17.5 Å². The molecule has 0 atom stereocenters. The Bertz CT molecular complexity index is 852. The van der Waals surface area contributed by atoms with Crippen molar-refractivity contribution in [3.05, 3.63) is 30.5 Å². The summed E-state index contributed by atoms with van der Waals surface area (Å²) < 4.78 is 0. The molecule has 1 amide bonds. The molecule has 154 valence electrons. The molecule has 2 aliphatic rings. The molecule has 29 heavy (non-hydrogen) atoms. The van der Waals surface area contributed by atoms with Crippen molar-refractivity contribution in [1.29, 1.82) is 0 Å². The average Bonchev–Trinajstić information content (AvgIpc) is 2.76. The highest BCUT2D eigenvalue weighted by molar-refractivity contribution is 5.82. The molecule has 0 saturated carbocycles. The summed E-state index contributed by atoms with van der Waals surface area (Å²) in [6, 6.07) is 4.39. The lowest BCUT2D eigenvalue weighted by atomic mass is 10.0. The SMILES string of the molecule is CCc1cc(N2CCC(Nc3cc(N4CCN(C)C(=O)C4)ncn3)CC2)ncn1. The van der Waals surface area contributed by atoms with Gasteiger partial charge in [-0.05, 0) is 19.3 Å². The van der Waals surface area contributed by atoms with E-state index in [1.54, 1.807) is 17.6 Å². The van der Waals surface area contributed by atoms with Gasteiger partial charge in [-0.2, -0.15) is 0 Å². The van der Waals surface area contributed by atoms with Crippen LogP contribution in [0.3, 0.4) is 0 Å². The number of nitrogens with one attached hydrogen (secondary N) is 1. The van der Waals surface area contributed by atoms with E-state index in [0.29, 0.717) is 19.1 Å². The van der Waals surface area contributed by atoms with E-state index in [-0.39, 0.29) is 5.91 Å². The van der Waals surface area contributed by atoms with Crippen LogP contribution in [0.15, 0.2) is 24.8 Å². The van der Waals surface area contributed by atoms with Crippen molar-refractivity contribution in [3.8, 4) is 0 Å². The molecule has 2 aromatic rings. The second-order valence-corrected chi connectivity index (χ2v) is 7.63. The molecule has 2 saturated heterocycles. The minimum absolute atomic E-state index is 0.118. The van der Waals surface area contributed by atoms with Gasteiger partial charge in [0.15, 0.2) is 0 Å². The number of hydrogen-bond acceptors (Lipinski definition) is 8. The Morgan fingerprint density at radius 2 is 1.69 bits per heavy atom. The third kappa shape index (κ3) is 4.55. The maximum absolute atomic E-state index is 12.0. The number of piperazine rings is 1. The van der Waals surface area contributed by atoms with Crippen molar-refractivity contribution < 1.29 is 4.79 Å². The molecule has 9 nitrogen and oxygen atoms in total. The number of amides is 1. The number of aryl methyl sites for hydroxylation is 1. The number of aromatic nitrogens is 4. The Morgan fingerprint density at radius 3 is 2.41 bits per heavy atom. The number of anilines is 3. The van der Waals surface area contributed by atoms with Crippen LogP contribution >= 0.6 is 0 Å². The van der Waals surface area contributed by atoms with Crippen LogP contribution in [0.2, 0.25) is 0 Å². The Kier molecular flexibility index (Phi) is 5.73. The van der Waals surface area contributed by atoms with Gasteiger partial charge in [-0.15, -0.1) is 0 Å². The van der Waals surface area contributed by atoms with Crippen LogP contribution in [-0.4, -0.2) is 76.6 Å². The van der Waals surface area contributed by atoms with Crippen molar-refractivity contribution in [2.75, 3.05) is 54.9 Å². The zero-order chi connectivity index (χ0) is 20.2. The van der Waals surface area contributed by atoms with Gasteiger partial charge in [-0.1, -0.05) is 6.92 Å². The molecular formula is C20H28N8O. The summed E-state index contributed by atoms with van der Waals surface area (Å²) in [6.07, 6.45) is 6.17. The van der Waals surface area contributed by atoms with Gasteiger partial charge in [0.1, 0.15) is 30.1 Å². The lowest BCUT2D eigenvalue weighted by Gasteiger charge is -2.34. The molecule has 2 aliphatic heterocycles. The van der Waals surface area contributed by atoms with Gasteiger partial charge in [-0.3, -0.25) is 4.79 Å². The van der Waals surface area contributed by atoms with E-state index >= 15 is 0 Å². The highest BCUT2D eigenvalue weighted by Crippen LogP contribution is 2.22. The first-order valence-corrected chi connectivity index (χ1v) is 10.3. The molecule has 0 radical (unpaired) electrons. The Morgan fingerprint density at radius 1 is 0.966 bits per heavy atom. The summed E-state index contributed by atoms with van der Waals surface area (Å²) >= 11 is 0. The third-order valence-corrected chi connectivity index (χ3v) is 5.68. The van der Waals surface area contributed by atoms with E-state index in [9.17, 15) is 4.79 Å². The number of nitrogens with zero attached hydrogens (tertiary/aromatic N) is 7. The molecule has 2 fully saturated rings. The smallest absolute Gasteiger partial charge is 0.241 e. The predicted octanol–water partition coefficient (Wildman–Crippen LogP) is 1.19. The van der Waals surface area contributed by atoms with E-state index in [1.165, 1.54) is 0 Å². The van der Waals surface area contributed by atoms with E-state index < -0.39 is 0 Å². The minimum atomic E-state index is 0.118. The Balaban J connectivity index is 1.34. The topological polar surface area (TPSA) is 90.4 Å². The number of hydrogen-bond donors (Lipinski definition) is 1. The van der Waals surface area contributed by atoms with Crippen molar-refractivity contribution in [2.24, 2.45) is 0 Å². The number of likely N-dealkylation sites (N-methyl/N-ethyl adjacent to an activating group) is 1. The molecule has 0 bridgehead atoms. The maximum Gasteiger partial charge on any atom is 0.241 e. The normalized spacial score (nSPS) is 18.3. The maximum atomic E-state index is 12.0. The summed E-state index contributed by atoms with van der Waals surface area (Å²) in [5.74, 6) is 2.75. The molecule has 9 heteroatoms. The zero-order valence-electron chi connectivity index (χ0n) is 17.1. The molecule has 0 unspecified atom stereocenters. The second-order valence-electron chi connectivity index (χ2n) is 7.63.